The maximum Gasteiger partial charge on any atom is 0.276 e. The van der Waals surface area contributed by atoms with Crippen LogP contribution in [0.25, 0.3) is 10.9 Å². The van der Waals surface area contributed by atoms with Crippen molar-refractivity contribution in [2.75, 3.05) is 6.67 Å². The largest absolute Gasteiger partial charge is 0.353 e. The molecule has 0 unspecified atom stereocenters. The standard InChI is InChI=1S/C24H30N4O/c29-24-23(25-16-28(24)19-12-5-2-6-13-19)22(26-18-10-3-1-4-11-18)21-15-17-9-7-8-14-20(17)27-21/h7-9,14-15,18-19,27H,1-6,10-13,16H2. The summed E-state index contributed by atoms with van der Waals surface area (Å²) in [6.07, 6.45) is 11.9. The van der Waals surface area contributed by atoms with Gasteiger partial charge >= 0.3 is 0 Å². The summed E-state index contributed by atoms with van der Waals surface area (Å²) < 4.78 is 0. The number of carbonyl (C=O) groups is 1. The third-order valence-electron chi connectivity index (χ3n) is 6.76. The first-order valence-electron chi connectivity index (χ1n) is 11.3. The van der Waals surface area contributed by atoms with Gasteiger partial charge in [0.2, 0.25) is 0 Å². The van der Waals surface area contributed by atoms with E-state index in [1.807, 2.05) is 17.0 Å². The molecule has 5 heteroatoms. The number of amides is 1. The van der Waals surface area contributed by atoms with Gasteiger partial charge in [0.05, 0.1) is 11.7 Å². The van der Waals surface area contributed by atoms with E-state index in [9.17, 15) is 4.79 Å². The molecule has 2 fully saturated rings. The Labute approximate surface area is 172 Å². The van der Waals surface area contributed by atoms with Crippen molar-refractivity contribution in [3.05, 3.63) is 36.0 Å². The molecule has 0 saturated heterocycles. The van der Waals surface area contributed by atoms with Crippen molar-refractivity contribution in [3.8, 4) is 0 Å². The SMILES string of the molecule is O=C1C(C(=NC2CCCCC2)c2cc3ccccc3[nH]2)=NCN1C1CCCCC1. The van der Waals surface area contributed by atoms with Gasteiger partial charge in [0.1, 0.15) is 12.4 Å². The van der Waals surface area contributed by atoms with E-state index in [1.54, 1.807) is 0 Å². The highest BCUT2D eigenvalue weighted by molar-refractivity contribution is 6.70. The summed E-state index contributed by atoms with van der Waals surface area (Å²) in [4.78, 5) is 28.7. The van der Waals surface area contributed by atoms with Crippen LogP contribution in [0.2, 0.25) is 0 Å². The molecule has 1 N–H and O–H groups in total. The van der Waals surface area contributed by atoms with Gasteiger partial charge in [-0.1, -0.05) is 56.7 Å². The van der Waals surface area contributed by atoms with Crippen LogP contribution in [-0.4, -0.2) is 46.0 Å². The number of aromatic nitrogens is 1. The summed E-state index contributed by atoms with van der Waals surface area (Å²) in [5, 5.41) is 1.15. The molecule has 2 saturated carbocycles. The summed E-state index contributed by atoms with van der Waals surface area (Å²) >= 11 is 0. The van der Waals surface area contributed by atoms with E-state index in [4.69, 9.17) is 9.98 Å². The van der Waals surface area contributed by atoms with Crippen LogP contribution in [0, 0.1) is 0 Å². The number of benzene rings is 1. The number of nitrogens with zero attached hydrogens (tertiary/aromatic N) is 3. The highest BCUT2D eigenvalue weighted by Gasteiger charge is 2.35. The molecule has 0 atom stereocenters. The van der Waals surface area contributed by atoms with Crippen molar-refractivity contribution in [1.82, 2.24) is 9.88 Å². The van der Waals surface area contributed by atoms with Gasteiger partial charge in [0.15, 0.2) is 5.71 Å². The number of aliphatic imine (C=N–C) groups is 2. The van der Waals surface area contributed by atoms with Crippen molar-refractivity contribution < 1.29 is 4.79 Å². The lowest BCUT2D eigenvalue weighted by Crippen LogP contribution is -2.42. The maximum absolute atomic E-state index is 13.4. The Bertz CT molecular complexity index is 912. The van der Waals surface area contributed by atoms with Crippen LogP contribution in [-0.2, 0) is 4.79 Å². The van der Waals surface area contributed by atoms with Crippen molar-refractivity contribution in [2.24, 2.45) is 9.98 Å². The molecule has 2 aliphatic carbocycles. The van der Waals surface area contributed by atoms with Gasteiger partial charge in [-0.3, -0.25) is 14.8 Å². The van der Waals surface area contributed by atoms with E-state index >= 15 is 0 Å². The number of hydrogen-bond donors (Lipinski definition) is 1. The van der Waals surface area contributed by atoms with Crippen molar-refractivity contribution in [2.45, 2.75) is 76.3 Å². The molecule has 1 aliphatic heterocycles. The maximum atomic E-state index is 13.4. The number of fused-ring (bicyclic) bond motifs is 1. The highest BCUT2D eigenvalue weighted by atomic mass is 16.2. The minimum atomic E-state index is 0.0742. The average molecular weight is 391 g/mol. The summed E-state index contributed by atoms with van der Waals surface area (Å²) in [5.74, 6) is 0.0742. The van der Waals surface area contributed by atoms with Crippen molar-refractivity contribution >= 4 is 28.2 Å². The molecule has 5 nitrogen and oxygen atoms in total. The molecule has 0 bridgehead atoms. The highest BCUT2D eigenvalue weighted by Crippen LogP contribution is 2.27. The normalized spacial score (nSPS) is 22.5. The molecular formula is C24H30N4O. The minimum Gasteiger partial charge on any atom is -0.353 e. The van der Waals surface area contributed by atoms with E-state index in [-0.39, 0.29) is 5.91 Å². The van der Waals surface area contributed by atoms with Gasteiger partial charge in [-0.2, -0.15) is 0 Å². The molecule has 152 valence electrons. The molecular weight excluding hydrogens is 360 g/mol. The molecule has 2 aromatic rings. The Morgan fingerprint density at radius 2 is 1.72 bits per heavy atom. The fraction of sp³-hybridized carbons (Fsp3) is 0.542. The zero-order chi connectivity index (χ0) is 19.6. The van der Waals surface area contributed by atoms with Crippen molar-refractivity contribution in [1.29, 1.82) is 0 Å². The monoisotopic (exact) mass is 390 g/mol. The van der Waals surface area contributed by atoms with Crippen LogP contribution >= 0.6 is 0 Å². The van der Waals surface area contributed by atoms with Gasteiger partial charge < -0.3 is 9.88 Å². The second kappa shape index (κ2) is 8.13. The topological polar surface area (TPSA) is 60.8 Å². The third-order valence-corrected chi connectivity index (χ3v) is 6.76. The zero-order valence-electron chi connectivity index (χ0n) is 17.1. The van der Waals surface area contributed by atoms with Gasteiger partial charge in [-0.25, -0.2) is 0 Å². The van der Waals surface area contributed by atoms with Gasteiger partial charge in [0, 0.05) is 16.9 Å². The molecule has 0 radical (unpaired) electrons. The first-order valence-corrected chi connectivity index (χ1v) is 11.3. The van der Waals surface area contributed by atoms with Gasteiger partial charge in [0.25, 0.3) is 5.91 Å². The first-order chi connectivity index (χ1) is 14.3. The Kier molecular flexibility index (Phi) is 5.21. The number of aromatic amines is 1. The molecule has 5 rings (SSSR count). The second-order valence-electron chi connectivity index (χ2n) is 8.75. The minimum absolute atomic E-state index is 0.0742. The summed E-state index contributed by atoms with van der Waals surface area (Å²) in [6.45, 7) is 0.489. The fourth-order valence-corrected chi connectivity index (χ4v) is 5.12. The summed E-state index contributed by atoms with van der Waals surface area (Å²) in [5.41, 5.74) is 3.34. The Morgan fingerprint density at radius 3 is 2.48 bits per heavy atom. The number of H-pyrrole nitrogens is 1. The lowest BCUT2D eigenvalue weighted by atomic mass is 9.94. The van der Waals surface area contributed by atoms with E-state index in [1.165, 1.54) is 38.5 Å². The van der Waals surface area contributed by atoms with Gasteiger partial charge in [-0.05, 0) is 37.8 Å². The molecule has 1 aromatic heterocycles. The van der Waals surface area contributed by atoms with E-state index in [0.717, 1.165) is 48.0 Å². The van der Waals surface area contributed by atoms with Crippen LogP contribution in [0.15, 0.2) is 40.3 Å². The Hall–Kier alpha value is -2.43. The summed E-state index contributed by atoms with van der Waals surface area (Å²) in [6, 6.07) is 11.0. The molecule has 0 spiro atoms. The number of carbonyl (C=O) groups excluding carboxylic acids is 1. The molecule has 29 heavy (non-hydrogen) atoms. The second-order valence-corrected chi connectivity index (χ2v) is 8.75. The lowest BCUT2D eigenvalue weighted by Gasteiger charge is -2.30. The predicted molar refractivity (Wildman–Crippen MR) is 118 cm³/mol. The van der Waals surface area contributed by atoms with Crippen LogP contribution in [0.1, 0.15) is 69.9 Å². The average Bonchev–Trinajstić information content (AvgIpc) is 3.37. The van der Waals surface area contributed by atoms with Crippen LogP contribution in [0.3, 0.4) is 0 Å². The fourth-order valence-electron chi connectivity index (χ4n) is 5.12. The van der Waals surface area contributed by atoms with Gasteiger partial charge in [-0.15, -0.1) is 0 Å². The van der Waals surface area contributed by atoms with Crippen LogP contribution in [0.4, 0.5) is 0 Å². The number of nitrogens with one attached hydrogen (secondary N) is 1. The number of rotatable bonds is 4. The van der Waals surface area contributed by atoms with E-state index in [2.05, 4.69) is 23.2 Å². The number of para-hydroxylation sites is 1. The molecule has 3 aliphatic rings. The van der Waals surface area contributed by atoms with E-state index < -0.39 is 0 Å². The van der Waals surface area contributed by atoms with E-state index in [0.29, 0.717) is 24.5 Å². The lowest BCUT2D eigenvalue weighted by molar-refractivity contribution is -0.125. The molecule has 1 amide bonds. The third kappa shape index (κ3) is 3.75. The van der Waals surface area contributed by atoms with Crippen molar-refractivity contribution in [3.63, 3.8) is 0 Å². The quantitative estimate of drug-likeness (QED) is 0.745. The summed E-state index contributed by atoms with van der Waals surface area (Å²) in [7, 11) is 0. The number of hydrogen-bond acceptors (Lipinski definition) is 3. The Morgan fingerprint density at radius 1 is 1.00 bits per heavy atom. The van der Waals surface area contributed by atoms with Crippen LogP contribution < -0.4 is 0 Å². The zero-order valence-corrected chi connectivity index (χ0v) is 17.1. The predicted octanol–water partition coefficient (Wildman–Crippen LogP) is 4.86. The smallest absolute Gasteiger partial charge is 0.276 e. The van der Waals surface area contributed by atoms with Crippen LogP contribution in [0.5, 0.6) is 0 Å². The Balaban J connectivity index is 1.48. The molecule has 1 aromatic carbocycles. The first kappa shape index (κ1) is 18.6. The molecule has 2 heterocycles.